The van der Waals surface area contributed by atoms with Gasteiger partial charge in [-0.1, -0.05) is 0 Å². The smallest absolute Gasteiger partial charge is 0.217 e. The van der Waals surface area contributed by atoms with E-state index in [2.05, 4.69) is 5.32 Å². The summed E-state index contributed by atoms with van der Waals surface area (Å²) in [6.07, 6.45) is -120. The maximum Gasteiger partial charge on any atom is 0.217 e. The molecular formula is C68H115NO56. The van der Waals surface area contributed by atoms with Gasteiger partial charge in [0.1, 0.15) is 269 Å². The van der Waals surface area contributed by atoms with Gasteiger partial charge in [-0.25, -0.2) is 0 Å². The predicted molar refractivity (Wildman–Crippen MR) is 374 cm³/mol. The molecule has 0 aromatic carbocycles. The van der Waals surface area contributed by atoms with Gasteiger partial charge in [0.15, 0.2) is 69.2 Å². The van der Waals surface area contributed by atoms with Crippen LogP contribution < -0.4 is 5.32 Å². The van der Waals surface area contributed by atoms with Gasteiger partial charge in [0.25, 0.3) is 0 Å². The van der Waals surface area contributed by atoms with Crippen LogP contribution in [0.5, 0.6) is 0 Å². The van der Waals surface area contributed by atoms with Crippen LogP contribution in [0.4, 0.5) is 0 Å². The number of amides is 1. The van der Waals surface area contributed by atoms with E-state index in [1.54, 1.807) is 0 Å². The number of nitrogens with one attached hydrogen (secondary N) is 1. The number of ether oxygens (including phenoxy) is 21. The molecule has 0 aliphatic carbocycles. The molecule has 2 unspecified atom stereocenters. The van der Waals surface area contributed by atoms with Crippen LogP contribution in [0, 0.1) is 0 Å². The van der Waals surface area contributed by atoms with Crippen LogP contribution >= 0.6 is 0 Å². The highest BCUT2D eigenvalue weighted by Crippen LogP contribution is 2.42. The average molecular weight is 1840 g/mol. The lowest BCUT2D eigenvalue weighted by molar-refractivity contribution is -0.410. The summed E-state index contributed by atoms with van der Waals surface area (Å²) in [5.41, 5.74) is 0. The van der Waals surface area contributed by atoms with Gasteiger partial charge >= 0.3 is 0 Å². The molecule has 0 saturated carbocycles. The van der Waals surface area contributed by atoms with Crippen molar-refractivity contribution in [2.75, 3.05) is 72.7 Å². The van der Waals surface area contributed by atoms with Crippen molar-refractivity contribution in [3.05, 3.63) is 0 Å². The highest BCUT2D eigenvalue weighted by Gasteiger charge is 2.62. The topological polar surface area (TPSA) is 911 Å². The first-order chi connectivity index (χ1) is 59.3. The zero-order valence-corrected chi connectivity index (χ0v) is 65.7. The lowest BCUT2D eigenvalue weighted by Crippen LogP contribution is -2.69. The monoisotopic (exact) mass is 1840 g/mol. The highest BCUT2D eigenvalue weighted by molar-refractivity contribution is 5.73. The summed E-state index contributed by atoms with van der Waals surface area (Å²) < 4.78 is 123. The molecule has 11 aliphatic heterocycles. The molecule has 11 aliphatic rings. The second-order valence-electron chi connectivity index (χ2n) is 31.6. The molecular weight excluding hydrogens is 1730 g/mol. The number of aliphatic hydroxyl groups excluding tert-OH is 34. The number of carbonyl (C=O) groups is 1. The van der Waals surface area contributed by atoms with E-state index in [1.165, 1.54) is 0 Å². The normalized spacial score (nSPS) is 52.7. The predicted octanol–water partition coefficient (Wildman–Crippen LogP) is -24.8. The summed E-state index contributed by atoms with van der Waals surface area (Å²) in [5.74, 6) is -0.953. The lowest BCUT2D eigenvalue weighted by atomic mass is 9.94. The van der Waals surface area contributed by atoms with Crippen LogP contribution in [0.3, 0.4) is 0 Å². The third-order valence-electron chi connectivity index (χ3n) is 23.4. The van der Waals surface area contributed by atoms with Gasteiger partial charge in [0, 0.05) is 6.92 Å². The van der Waals surface area contributed by atoms with E-state index in [0.29, 0.717) is 0 Å². The Balaban J connectivity index is 0.933. The van der Waals surface area contributed by atoms with Crippen molar-refractivity contribution in [1.29, 1.82) is 0 Å². The summed E-state index contributed by atoms with van der Waals surface area (Å²) >= 11 is 0. The Bertz CT molecular complexity index is 3250. The van der Waals surface area contributed by atoms with Crippen molar-refractivity contribution >= 4 is 5.91 Å². The van der Waals surface area contributed by atoms with Crippen LogP contribution in [0.15, 0.2) is 0 Å². The summed E-state index contributed by atoms with van der Waals surface area (Å²) in [5, 5.41) is 379. The van der Waals surface area contributed by atoms with E-state index in [1.807, 2.05) is 0 Å². The van der Waals surface area contributed by atoms with Gasteiger partial charge in [0.2, 0.25) is 5.91 Å². The molecule has 0 aromatic rings. The minimum absolute atomic E-state index is 0.921. The van der Waals surface area contributed by atoms with E-state index in [4.69, 9.17) is 99.5 Å². The van der Waals surface area contributed by atoms with Crippen molar-refractivity contribution in [1.82, 2.24) is 5.32 Å². The minimum Gasteiger partial charge on any atom is -0.394 e. The Morgan fingerprint density at radius 1 is 0.208 bits per heavy atom. The number of carbonyl (C=O) groups excluding carboxylic acids is 1. The molecule has 125 heavy (non-hydrogen) atoms. The molecule has 11 fully saturated rings. The Morgan fingerprint density at radius 3 is 0.728 bits per heavy atom. The molecule has 0 aromatic heterocycles. The zero-order chi connectivity index (χ0) is 91.7. The first-order valence-electron chi connectivity index (χ1n) is 39.7. The second-order valence-corrected chi connectivity index (χ2v) is 31.6. The van der Waals surface area contributed by atoms with Crippen LogP contribution in [0.25, 0.3) is 0 Å². The standard InChI is InChI=1S/C68H115NO56/c1-13(79)69-25-50(33(87)21(9-77)107-58(25)104)118-64-49(103)53(121-67-57(43(97)32(86)19(7-75)114-67)125-68-56(42(96)31(85)20(8-76)115-68)124-63-48(102)51(34(88)22(10-78)111-63)119-60-44(98)37(91)26(80)14(2-70)108-60)36(90)24(117-64)11-105-59-47(101)52(120-66-55(41(95)30(84)18(6-74)113-66)123-62-46(100)39(93)28(82)16(4-72)110-62)35(89)23(116-59)12-106-65-54(40(94)29(83)17(5-73)112-65)122-61-45(99)38(92)27(81)15(3-71)109-61/h14-68,70-78,80-104H,2-12H2,1H3,(H,69,79)/t14-,15-,16-,17-,18-,19-,20-,21-,22-,23-,24-,25-,26-,27-,28-,29-,30-,31-,32-,33-,34-,35-,36-,37+,38+,39+,40+,41+,42+,43+,44-,45+,46+,47+,48+,49+,50-,51+,52+,53+,54+,55+,56+,57+,58?,59+,60?,61-,62-,63-,64+,65+,66-,67-,68-/m1/s1. The maximum atomic E-state index is 12.7. The third-order valence-corrected chi connectivity index (χ3v) is 23.4. The van der Waals surface area contributed by atoms with Crippen molar-refractivity contribution < 1.29 is 278 Å². The molecule has 0 spiro atoms. The quantitative estimate of drug-likeness (QED) is 0.0297. The zero-order valence-electron chi connectivity index (χ0n) is 65.7. The summed E-state index contributed by atoms with van der Waals surface area (Å²) in [4.78, 5) is 12.7. The largest absolute Gasteiger partial charge is 0.394 e. The Hall–Kier alpha value is -2.73. The lowest BCUT2D eigenvalue weighted by Gasteiger charge is -2.51. The van der Waals surface area contributed by atoms with Crippen molar-refractivity contribution in [3.8, 4) is 0 Å². The first kappa shape index (κ1) is 103. The van der Waals surface area contributed by atoms with Gasteiger partial charge in [0.05, 0.1) is 72.7 Å². The van der Waals surface area contributed by atoms with Crippen LogP contribution in [0.1, 0.15) is 6.92 Å². The summed E-state index contributed by atoms with van der Waals surface area (Å²) in [6, 6.07) is -1.91. The number of hydrogen-bond donors (Lipinski definition) is 35. The number of aliphatic hydroxyl groups is 34. The Morgan fingerprint density at radius 2 is 0.408 bits per heavy atom. The molecule has 55 atom stereocenters. The highest BCUT2D eigenvalue weighted by atomic mass is 16.8. The van der Waals surface area contributed by atoms with E-state index < -0.39 is 416 Å². The molecule has 35 N–H and O–H groups in total. The van der Waals surface area contributed by atoms with Gasteiger partial charge in [-0.15, -0.1) is 0 Å². The van der Waals surface area contributed by atoms with Crippen molar-refractivity contribution in [2.24, 2.45) is 0 Å². The number of hydrogen-bond acceptors (Lipinski definition) is 56. The van der Waals surface area contributed by atoms with Crippen LogP contribution in [0.2, 0.25) is 0 Å². The molecule has 0 bridgehead atoms. The van der Waals surface area contributed by atoms with E-state index in [-0.39, 0.29) is 0 Å². The molecule has 57 nitrogen and oxygen atoms in total. The fraction of sp³-hybridized carbons (Fsp3) is 0.985. The average Bonchev–Trinajstić information content (AvgIpc) is 0.773. The number of rotatable bonds is 32. The molecule has 1 amide bonds. The summed E-state index contributed by atoms with van der Waals surface area (Å²) in [7, 11) is 0. The van der Waals surface area contributed by atoms with E-state index in [9.17, 15) is 178 Å². The van der Waals surface area contributed by atoms with Crippen molar-refractivity contribution in [2.45, 2.75) is 345 Å². The second kappa shape index (κ2) is 44.6. The SMILES string of the molecule is CC(=O)N[C@H]1C(O)O[C@H](CO)[C@@H](O)[C@@H]1O[C@@H]1O[C@H](CO[C@H]2O[C@H](CO[C@H]3O[C@H](CO)[C@@H](O)[C@H](O)[C@@H]3O[C@H]3O[C@H](CO)[C@@H](O)[C@H](O)[C@@H]3O)[C@@H](O)[C@H](O[C@H]3O[C@H](CO)[C@@H](O)[C@H](O)[C@@H]3O[C@H]3O[C@H](CO)[C@@H](O)[C@H](O)[C@@H]3O)[C@@H]2O)[C@@H](O)[C@H](O[C@H]2O[C@H](CO)[C@@H](O)[C@H](O)[C@@H]2O[C@H]2O[C@H](CO)[C@@H](O)[C@H](O)[C@@H]2O[C@H]2O[C@H](CO)[C@@H](O)[C@H](OC3O[C@H](CO)[C@@H](O)[C@H](O)[C@H]3O)[C@@H]2O)[C@@H]1O. The molecule has 11 heterocycles. The van der Waals surface area contributed by atoms with Gasteiger partial charge in [-0.05, 0) is 0 Å². The molecule has 728 valence electrons. The maximum absolute atomic E-state index is 12.7. The van der Waals surface area contributed by atoms with E-state index >= 15 is 0 Å². The molecule has 0 radical (unpaired) electrons. The molecule has 57 heteroatoms. The Kier molecular flexibility index (Phi) is 36.7. The van der Waals surface area contributed by atoms with Gasteiger partial charge < -0.3 is 278 Å². The van der Waals surface area contributed by atoms with Crippen LogP contribution in [-0.2, 0) is 104 Å². The summed E-state index contributed by atoms with van der Waals surface area (Å²) in [6.45, 7) is -11.7. The fourth-order valence-corrected chi connectivity index (χ4v) is 16.0. The van der Waals surface area contributed by atoms with Crippen LogP contribution in [-0.4, -0.2) is 590 Å². The molecule has 11 saturated heterocycles. The molecule has 11 rings (SSSR count). The van der Waals surface area contributed by atoms with Crippen molar-refractivity contribution in [3.63, 3.8) is 0 Å². The third kappa shape index (κ3) is 21.8. The minimum atomic E-state index is -2.65. The Labute approximate surface area is 704 Å². The van der Waals surface area contributed by atoms with Gasteiger partial charge in [-0.3, -0.25) is 4.79 Å². The fourth-order valence-electron chi connectivity index (χ4n) is 16.0. The van der Waals surface area contributed by atoms with Gasteiger partial charge in [-0.2, -0.15) is 0 Å². The van der Waals surface area contributed by atoms with E-state index in [0.717, 1.165) is 6.92 Å². The first-order valence-corrected chi connectivity index (χ1v) is 39.7.